The van der Waals surface area contributed by atoms with Gasteiger partial charge in [-0.2, -0.15) is 0 Å². The first-order valence-corrected chi connectivity index (χ1v) is 10.2. The van der Waals surface area contributed by atoms with E-state index in [-0.39, 0.29) is 5.75 Å². The van der Waals surface area contributed by atoms with Gasteiger partial charge in [0, 0.05) is 29.8 Å². The minimum atomic E-state index is -2.99. The fourth-order valence-corrected chi connectivity index (χ4v) is 2.93. The Balaban J connectivity index is 1.70. The van der Waals surface area contributed by atoms with Crippen molar-refractivity contribution in [3.63, 3.8) is 0 Å². The van der Waals surface area contributed by atoms with Crippen molar-refractivity contribution in [2.75, 3.05) is 18.6 Å². The van der Waals surface area contributed by atoms with Gasteiger partial charge in [-0.15, -0.1) is 0 Å². The fraction of sp³-hybridized carbons (Fsp3) is 0.471. The van der Waals surface area contributed by atoms with Gasteiger partial charge >= 0.3 is 0 Å². The molecule has 0 bridgehead atoms. The monoisotopic (exact) mass is 349 g/mol. The van der Waals surface area contributed by atoms with Gasteiger partial charge in [0.05, 0.1) is 5.75 Å². The van der Waals surface area contributed by atoms with Crippen LogP contribution >= 0.6 is 0 Å². The van der Waals surface area contributed by atoms with Crippen LogP contribution in [0.2, 0.25) is 0 Å². The number of benzene rings is 1. The normalized spacial score (nSPS) is 15.7. The van der Waals surface area contributed by atoms with Crippen LogP contribution in [-0.4, -0.2) is 39.0 Å². The number of furan rings is 1. The molecule has 1 heterocycles. The van der Waals surface area contributed by atoms with Crippen molar-refractivity contribution in [2.24, 2.45) is 4.99 Å². The second-order valence-corrected chi connectivity index (χ2v) is 8.55. The molecule has 2 aromatic rings. The lowest BCUT2D eigenvalue weighted by Gasteiger charge is -2.11. The Kier molecular flexibility index (Phi) is 4.80. The van der Waals surface area contributed by atoms with Gasteiger partial charge in [0.1, 0.15) is 27.7 Å². The minimum Gasteiger partial charge on any atom is -0.459 e. The van der Waals surface area contributed by atoms with Crippen molar-refractivity contribution in [1.82, 2.24) is 10.6 Å². The van der Waals surface area contributed by atoms with Crippen molar-refractivity contribution < 1.29 is 12.8 Å². The highest BCUT2D eigenvalue weighted by Gasteiger charge is 2.22. The quantitative estimate of drug-likeness (QED) is 0.615. The van der Waals surface area contributed by atoms with Crippen molar-refractivity contribution in [2.45, 2.75) is 32.4 Å². The largest absolute Gasteiger partial charge is 0.459 e. The Labute approximate surface area is 142 Å². The van der Waals surface area contributed by atoms with Crippen molar-refractivity contribution in [3.05, 3.63) is 35.6 Å². The number of rotatable bonds is 6. The molecule has 0 radical (unpaired) electrons. The summed E-state index contributed by atoms with van der Waals surface area (Å²) < 4.78 is 28.4. The zero-order chi connectivity index (χ0) is 17.2. The first-order valence-electron chi connectivity index (χ1n) is 8.12. The Hall–Kier alpha value is -2.02. The number of aryl methyl sites for hydroxylation is 1. The van der Waals surface area contributed by atoms with E-state index in [0.717, 1.165) is 35.1 Å². The number of fused-ring (bicyclic) bond motifs is 1. The lowest BCUT2D eigenvalue weighted by molar-refractivity contribution is 0.547. The molecule has 0 saturated heterocycles. The molecule has 0 aliphatic heterocycles. The summed E-state index contributed by atoms with van der Waals surface area (Å²) in [5.41, 5.74) is 1.96. The Morgan fingerprint density at radius 3 is 2.75 bits per heavy atom. The topological polar surface area (TPSA) is 83.7 Å². The highest BCUT2D eigenvalue weighted by Crippen LogP contribution is 2.25. The first kappa shape index (κ1) is 16.8. The molecule has 3 rings (SSSR count). The molecule has 7 heteroatoms. The summed E-state index contributed by atoms with van der Waals surface area (Å²) in [6.07, 6.45) is 3.48. The van der Waals surface area contributed by atoms with Crippen molar-refractivity contribution >= 4 is 26.8 Å². The average Bonchev–Trinajstić information content (AvgIpc) is 3.28. The number of nitrogens with one attached hydrogen (secondary N) is 2. The molecule has 1 saturated carbocycles. The van der Waals surface area contributed by atoms with E-state index in [1.165, 1.54) is 6.26 Å². The van der Waals surface area contributed by atoms with E-state index in [9.17, 15) is 8.42 Å². The van der Waals surface area contributed by atoms with Crippen molar-refractivity contribution in [1.29, 1.82) is 0 Å². The van der Waals surface area contributed by atoms with Crippen LogP contribution in [0.3, 0.4) is 0 Å². The molecule has 1 aromatic carbocycles. The molecular formula is C17H23N3O3S. The number of hydrogen-bond donors (Lipinski definition) is 2. The maximum Gasteiger partial charge on any atom is 0.191 e. The molecule has 1 fully saturated rings. The molecule has 1 aliphatic carbocycles. The number of guanidine groups is 1. The fourth-order valence-electron chi connectivity index (χ4n) is 2.46. The third kappa shape index (κ3) is 4.50. The van der Waals surface area contributed by atoms with E-state index in [1.54, 1.807) is 0 Å². The molecule has 130 valence electrons. The highest BCUT2D eigenvalue weighted by atomic mass is 32.2. The van der Waals surface area contributed by atoms with Crippen LogP contribution in [0.1, 0.15) is 24.2 Å². The maximum atomic E-state index is 11.3. The smallest absolute Gasteiger partial charge is 0.191 e. The van der Waals surface area contributed by atoms with E-state index >= 15 is 0 Å². The molecule has 24 heavy (non-hydrogen) atoms. The Morgan fingerprint density at radius 2 is 2.08 bits per heavy atom. The number of hydrogen-bond acceptors (Lipinski definition) is 4. The molecule has 1 aliphatic rings. The SMILES string of the molecule is Cc1c(CN=C(NCCS(C)(=O)=O)NC2CC2)oc2ccccc12. The third-order valence-electron chi connectivity index (χ3n) is 4.01. The number of nitrogens with zero attached hydrogens (tertiary/aromatic N) is 1. The van der Waals surface area contributed by atoms with E-state index in [4.69, 9.17) is 4.42 Å². The summed E-state index contributed by atoms with van der Waals surface area (Å²) in [6.45, 7) is 2.79. The zero-order valence-electron chi connectivity index (χ0n) is 14.0. The third-order valence-corrected chi connectivity index (χ3v) is 4.95. The van der Waals surface area contributed by atoms with Crippen LogP contribution in [0.25, 0.3) is 11.0 Å². The van der Waals surface area contributed by atoms with Gasteiger partial charge in [-0.05, 0) is 25.8 Å². The predicted octanol–water partition coefficient (Wildman–Crippen LogP) is 1.98. The van der Waals surface area contributed by atoms with E-state index < -0.39 is 9.84 Å². The van der Waals surface area contributed by atoms with Crippen LogP contribution < -0.4 is 10.6 Å². The summed E-state index contributed by atoms with van der Waals surface area (Å²) in [4.78, 5) is 4.56. The second-order valence-electron chi connectivity index (χ2n) is 6.29. The van der Waals surface area contributed by atoms with E-state index in [0.29, 0.717) is 25.1 Å². The van der Waals surface area contributed by atoms with Gasteiger partial charge in [-0.3, -0.25) is 0 Å². The van der Waals surface area contributed by atoms with Gasteiger partial charge < -0.3 is 15.1 Å². The number of sulfone groups is 1. The summed E-state index contributed by atoms with van der Waals surface area (Å²) >= 11 is 0. The molecule has 0 amide bonds. The molecular weight excluding hydrogens is 326 g/mol. The van der Waals surface area contributed by atoms with E-state index in [2.05, 4.69) is 15.6 Å². The molecule has 2 N–H and O–H groups in total. The van der Waals surface area contributed by atoms with Crippen LogP contribution in [0.15, 0.2) is 33.7 Å². The summed E-state index contributed by atoms with van der Waals surface area (Å²) in [7, 11) is -2.99. The molecule has 1 aromatic heterocycles. The van der Waals surface area contributed by atoms with Crippen molar-refractivity contribution in [3.8, 4) is 0 Å². The molecule has 6 nitrogen and oxygen atoms in total. The van der Waals surface area contributed by atoms with Gasteiger partial charge in [-0.25, -0.2) is 13.4 Å². The lowest BCUT2D eigenvalue weighted by Crippen LogP contribution is -2.40. The van der Waals surface area contributed by atoms with E-state index in [1.807, 2.05) is 31.2 Å². The molecule has 0 unspecified atom stereocenters. The maximum absolute atomic E-state index is 11.3. The molecule has 0 atom stereocenters. The van der Waals surface area contributed by atoms with Gasteiger partial charge in [0.2, 0.25) is 0 Å². The molecule has 0 spiro atoms. The zero-order valence-corrected chi connectivity index (χ0v) is 14.8. The lowest BCUT2D eigenvalue weighted by atomic mass is 10.1. The van der Waals surface area contributed by atoms with Crippen LogP contribution in [0.4, 0.5) is 0 Å². The van der Waals surface area contributed by atoms with Gasteiger partial charge in [0.25, 0.3) is 0 Å². The first-order chi connectivity index (χ1) is 11.4. The average molecular weight is 349 g/mol. The summed E-state index contributed by atoms with van der Waals surface area (Å²) in [6, 6.07) is 8.36. The predicted molar refractivity (Wildman–Crippen MR) is 96.0 cm³/mol. The Morgan fingerprint density at radius 1 is 1.33 bits per heavy atom. The minimum absolute atomic E-state index is 0.0853. The second kappa shape index (κ2) is 6.84. The van der Waals surface area contributed by atoms with Crippen LogP contribution in [-0.2, 0) is 16.4 Å². The van der Waals surface area contributed by atoms with Gasteiger partial charge in [-0.1, -0.05) is 18.2 Å². The summed E-state index contributed by atoms with van der Waals surface area (Å²) in [5, 5.41) is 7.49. The van der Waals surface area contributed by atoms with Crippen LogP contribution in [0.5, 0.6) is 0 Å². The number of aliphatic imine (C=N–C) groups is 1. The standard InChI is InChI=1S/C17H23N3O3S/c1-12-14-5-3-4-6-15(14)23-16(12)11-19-17(20-13-7-8-13)18-9-10-24(2,21)22/h3-6,13H,7-11H2,1-2H3,(H2,18,19,20). The van der Waals surface area contributed by atoms with Crippen LogP contribution in [0, 0.1) is 6.92 Å². The highest BCUT2D eigenvalue weighted by molar-refractivity contribution is 7.90. The van der Waals surface area contributed by atoms with Gasteiger partial charge in [0.15, 0.2) is 5.96 Å². The summed E-state index contributed by atoms with van der Waals surface area (Å²) in [5.74, 6) is 1.55. The Bertz CT molecular complexity index is 851. The number of para-hydroxylation sites is 1.